The molecule has 31 heteroatoms. The summed E-state index contributed by atoms with van der Waals surface area (Å²) in [4.78, 5) is 61.3. The summed E-state index contributed by atoms with van der Waals surface area (Å²) in [5, 5.41) is 35.1. The van der Waals surface area contributed by atoms with Crippen molar-refractivity contribution in [2.45, 2.75) is 185 Å². The molecule has 0 unspecified atom stereocenters. The smallest absolute Gasteiger partial charge is 0.488 e. The minimum atomic E-state index is -0.689. The number of amides is 1. The predicted octanol–water partition coefficient (Wildman–Crippen LogP) is 21.1. The highest BCUT2D eigenvalue weighted by molar-refractivity contribution is 9.11. The number of halogens is 5. The van der Waals surface area contributed by atoms with Crippen LogP contribution in [0.1, 0.15) is 169 Å². The Morgan fingerprint density at radius 2 is 0.937 bits per heavy atom. The first kappa shape index (κ1) is 95.0. The first-order chi connectivity index (χ1) is 52.2. The van der Waals surface area contributed by atoms with Crippen molar-refractivity contribution in [3.05, 3.63) is 197 Å². The minimum Gasteiger partial charge on any atom is -0.512 e. The molecule has 3 aliphatic rings. The summed E-state index contributed by atoms with van der Waals surface area (Å²) in [6.45, 7) is 31.2. The summed E-state index contributed by atoms with van der Waals surface area (Å²) in [6, 6.07) is 40.2. The van der Waals surface area contributed by atoms with Crippen LogP contribution in [0, 0.1) is 37.5 Å². The quantitative estimate of drug-likeness (QED) is 0.0145. The molecule has 0 bridgehead atoms. The topological polar surface area (TPSA) is 289 Å². The number of ketones is 1. The van der Waals surface area contributed by atoms with E-state index in [-0.39, 0.29) is 83.5 Å². The second-order valence-electron chi connectivity index (χ2n) is 27.2. The highest BCUT2D eigenvalue weighted by Crippen LogP contribution is 2.43. The lowest BCUT2D eigenvalue weighted by atomic mass is 9.49. The summed E-state index contributed by atoms with van der Waals surface area (Å²) >= 11 is 21.0. The van der Waals surface area contributed by atoms with E-state index >= 15 is 0 Å². The predicted molar refractivity (Wildman–Crippen MR) is 458 cm³/mol. The molecule has 8 aromatic rings. The number of nitrogens with one attached hydrogen (secondary N) is 1. The largest absolute Gasteiger partial charge is 0.512 e. The lowest BCUT2D eigenvalue weighted by Crippen LogP contribution is -2.41. The summed E-state index contributed by atoms with van der Waals surface area (Å²) in [7, 11) is 0.888. The molecule has 5 aromatic carbocycles. The van der Waals surface area contributed by atoms with Crippen LogP contribution in [0.2, 0.25) is 0 Å². The third kappa shape index (κ3) is 28.4. The van der Waals surface area contributed by atoms with E-state index in [1.807, 2.05) is 174 Å². The molecular formula is C80H95B2Br5N6O15S3. The van der Waals surface area contributed by atoms with Gasteiger partial charge in [-0.3, -0.25) is 15.0 Å². The lowest BCUT2D eigenvalue weighted by Gasteiger charge is -2.32. The molecule has 3 N–H and O–H groups in total. The molecule has 0 atom stereocenters. The number of rotatable bonds is 17. The number of allylic oxidation sites excluding steroid dienone is 1. The second-order valence-corrected chi connectivity index (χ2v) is 34.7. The SMILES string of the molecule is CC1(C)OB(B2OC(C)(C)C(C)(C)O2)OC1(C)C.CCOC(=O)C(C(=N)c1ccc(Br)cc1)=C(C)O.CCOC(=O)CC(C)=O.CCOC(=O)c1c(-c2ccc(Br)cc2)nsc1C.Cc1snc(-c2ccc(Br)cc2)c1CO.Cc1snc(-c2ccc(Br)cc2)c1COC(=O)N(C)C1CCCC1.N#Cc1ccc(Br)cc1. The van der Waals surface area contributed by atoms with Gasteiger partial charge in [0.1, 0.15) is 35.7 Å². The maximum absolute atomic E-state index is 12.3. The molecule has 1 saturated carbocycles. The number of Topliss-reactive ketones (excluding diaryl/α,β-unsaturated/α-hetero) is 1. The molecule has 2 saturated heterocycles. The van der Waals surface area contributed by atoms with Gasteiger partial charge in [-0.05, 0) is 231 Å². The second kappa shape index (κ2) is 44.9. The lowest BCUT2D eigenvalue weighted by molar-refractivity contribution is -0.145. The van der Waals surface area contributed by atoms with Crippen LogP contribution in [0.4, 0.5) is 4.79 Å². The van der Waals surface area contributed by atoms with Crippen LogP contribution in [-0.4, -0.2) is 133 Å². The number of aromatic nitrogens is 3. The number of hydrogen-bond donors (Lipinski definition) is 3. The van der Waals surface area contributed by atoms with Crippen molar-refractivity contribution in [2.75, 3.05) is 26.9 Å². The van der Waals surface area contributed by atoms with E-state index < -0.39 is 26.0 Å². The first-order valence-corrected chi connectivity index (χ1v) is 41.8. The Bertz CT molecular complexity index is 4400. The highest BCUT2D eigenvalue weighted by Gasteiger charge is 2.63. The molecule has 0 spiro atoms. The van der Waals surface area contributed by atoms with Crippen molar-refractivity contribution in [1.82, 2.24) is 18.0 Å². The third-order valence-corrected chi connectivity index (χ3v) is 23.0. The molecular weight excluding hydrogens is 1800 g/mol. The summed E-state index contributed by atoms with van der Waals surface area (Å²) in [5.74, 6) is -1.81. The molecule has 21 nitrogen and oxygen atoms in total. The molecule has 1 aliphatic carbocycles. The van der Waals surface area contributed by atoms with Crippen LogP contribution < -0.4 is 0 Å². The van der Waals surface area contributed by atoms with Gasteiger partial charge in [0, 0.05) is 83.5 Å². The molecule has 11 rings (SSSR count). The minimum absolute atomic E-state index is 0.0493. The fourth-order valence-electron chi connectivity index (χ4n) is 10.4. The fraction of sp³-hybridized carbons (Fsp3) is 0.400. The van der Waals surface area contributed by atoms with E-state index in [0.29, 0.717) is 41.6 Å². The van der Waals surface area contributed by atoms with Crippen LogP contribution >= 0.6 is 114 Å². The number of aryl methyl sites for hydroxylation is 3. The number of hydrogen-bond acceptors (Lipinski definition) is 23. The Hall–Kier alpha value is -6.63. The van der Waals surface area contributed by atoms with Gasteiger partial charge in [0.15, 0.2) is 0 Å². The number of nitriles is 1. The summed E-state index contributed by atoms with van der Waals surface area (Å²) in [5.41, 5.74) is 7.63. The average Bonchev–Trinajstić information content (AvgIpc) is 1.59. The Labute approximate surface area is 706 Å². The number of benzene rings is 5. The Balaban J connectivity index is 0.000000237. The van der Waals surface area contributed by atoms with E-state index in [0.717, 1.165) is 89.0 Å². The van der Waals surface area contributed by atoms with Gasteiger partial charge in [0.2, 0.25) is 0 Å². The van der Waals surface area contributed by atoms with Gasteiger partial charge in [-0.1, -0.05) is 141 Å². The van der Waals surface area contributed by atoms with Crippen LogP contribution in [-0.2, 0) is 65.2 Å². The highest BCUT2D eigenvalue weighted by atomic mass is 79.9. The normalized spacial score (nSPS) is 14.8. The van der Waals surface area contributed by atoms with Crippen molar-refractivity contribution in [2.24, 2.45) is 0 Å². The molecule has 0 radical (unpaired) electrons. The van der Waals surface area contributed by atoms with Gasteiger partial charge < -0.3 is 52.7 Å². The zero-order valence-corrected chi connectivity index (χ0v) is 75.8. The number of nitrogens with zero attached hydrogens (tertiary/aromatic N) is 5. The maximum atomic E-state index is 12.3. The first-order valence-electron chi connectivity index (χ1n) is 35.5. The van der Waals surface area contributed by atoms with Crippen molar-refractivity contribution in [3.8, 4) is 39.8 Å². The van der Waals surface area contributed by atoms with Gasteiger partial charge in [-0.25, -0.2) is 14.4 Å². The van der Waals surface area contributed by atoms with Crippen molar-refractivity contribution < 1.29 is 71.8 Å². The van der Waals surface area contributed by atoms with E-state index in [4.69, 9.17) is 43.5 Å². The zero-order chi connectivity index (χ0) is 82.7. The molecule has 1 amide bonds. The molecule has 111 heavy (non-hydrogen) atoms. The van der Waals surface area contributed by atoms with Crippen molar-refractivity contribution >= 4 is 164 Å². The Morgan fingerprint density at radius 3 is 1.32 bits per heavy atom. The summed E-state index contributed by atoms with van der Waals surface area (Å²) < 4.78 is 62.0. The van der Waals surface area contributed by atoms with E-state index in [9.17, 15) is 34.2 Å². The van der Waals surface area contributed by atoms with Gasteiger partial charge in [-0.15, -0.1) is 0 Å². The molecule has 2 aliphatic heterocycles. The molecule has 3 aromatic heterocycles. The number of carbonyl (C=O) groups excluding carboxylic acids is 5. The Kier molecular flexibility index (Phi) is 38.4. The Morgan fingerprint density at radius 1 is 0.568 bits per heavy atom. The summed E-state index contributed by atoms with van der Waals surface area (Å²) in [6.07, 6.45) is 4.21. The van der Waals surface area contributed by atoms with Crippen molar-refractivity contribution in [1.29, 1.82) is 10.7 Å². The number of aliphatic hydroxyl groups is 2. The van der Waals surface area contributed by atoms with Crippen LogP contribution in [0.25, 0.3) is 33.8 Å². The van der Waals surface area contributed by atoms with Gasteiger partial charge in [-0.2, -0.15) is 18.4 Å². The van der Waals surface area contributed by atoms with Gasteiger partial charge in [0.05, 0.1) is 83.3 Å². The number of carbonyl (C=O) groups is 5. The van der Waals surface area contributed by atoms with Gasteiger partial charge in [0.25, 0.3) is 0 Å². The van der Waals surface area contributed by atoms with Crippen LogP contribution in [0.15, 0.2) is 155 Å². The monoisotopic (exact) mass is 1890 g/mol. The molecule has 5 heterocycles. The standard InChI is InChI=1S/C18H21BrN2O2S.C13H14BrNO3.C13H12BrNO2S.C12H24B2O4.C11H10BrNOS.C7H4BrN.C6H10O3/c1-12-16(11-23-18(22)21(2)15-5-3-4-6-15)17(20-24-12)13-7-9-14(19)10-8-13;1-3-18-13(17)11(8(2)16)12(15)9-4-6-10(14)7-5-9;1-3-17-13(16)11-8(2)18-15-12(11)9-4-6-10(14)7-5-9;1-9(2)10(3,4)16-13(15-9)14-17-11(5,6)12(7,8)18-14;1-7-10(6-14)11(13-15-7)8-2-4-9(12)5-3-8;8-7-3-1-6(5-9)2-4-7;1-3-9-6(8)4-5(2)7/h7-10,15H,3-6,11H2,1-2H3;4-7,15-16H,3H2,1-2H3;4-7H,3H2,1-2H3;1-8H3;2-5,14H,6H2,1H3;1-4H;3-4H2,1-2H3. The van der Waals surface area contributed by atoms with E-state index in [1.54, 1.807) is 62.1 Å². The molecule has 3 fully saturated rings. The van der Waals surface area contributed by atoms with Crippen LogP contribution in [0.3, 0.4) is 0 Å². The van der Waals surface area contributed by atoms with E-state index in [1.165, 1.54) is 61.3 Å². The van der Waals surface area contributed by atoms with E-state index in [2.05, 4.69) is 97.5 Å². The average molecular weight is 1900 g/mol. The van der Waals surface area contributed by atoms with Gasteiger partial charge >= 0.3 is 38.0 Å². The van der Waals surface area contributed by atoms with Crippen LogP contribution in [0.5, 0.6) is 0 Å². The number of ether oxygens (including phenoxy) is 4. The zero-order valence-electron chi connectivity index (χ0n) is 65.4. The third-order valence-electron chi connectivity index (χ3n) is 18.0. The number of aliphatic hydroxyl groups excluding tert-OH is 2. The molecule has 594 valence electrons. The van der Waals surface area contributed by atoms with Crippen molar-refractivity contribution in [3.63, 3.8) is 0 Å². The fourth-order valence-corrected chi connectivity index (χ4v) is 13.9. The number of esters is 3. The maximum Gasteiger partial charge on any atom is 0.488 e.